The number of nitrogens with zero attached hydrogens (tertiary/aromatic N) is 3. The van der Waals surface area contributed by atoms with E-state index in [0.29, 0.717) is 5.88 Å². The highest BCUT2D eigenvalue weighted by Gasteiger charge is 2.13. The first-order chi connectivity index (χ1) is 8.81. The Morgan fingerprint density at radius 1 is 1.06 bits per heavy atom. The van der Waals surface area contributed by atoms with E-state index < -0.39 is 0 Å². The molecule has 3 rings (SSSR count). The monoisotopic (exact) mass is 303 g/mol. The van der Waals surface area contributed by atoms with Crippen LogP contribution in [0.3, 0.4) is 0 Å². The summed E-state index contributed by atoms with van der Waals surface area (Å²) in [4.78, 5) is 0. The highest BCUT2D eigenvalue weighted by atomic mass is 79.9. The Morgan fingerprint density at radius 2 is 1.89 bits per heavy atom. The molecule has 0 amide bonds. The SMILES string of the molecule is COc1cccc2nnc(-c3ccccc3Br)n12. The molecule has 0 aliphatic carbocycles. The lowest BCUT2D eigenvalue weighted by Gasteiger charge is -2.06. The van der Waals surface area contributed by atoms with E-state index in [1.165, 1.54) is 0 Å². The summed E-state index contributed by atoms with van der Waals surface area (Å²) >= 11 is 3.53. The van der Waals surface area contributed by atoms with Gasteiger partial charge in [-0.3, -0.25) is 0 Å². The van der Waals surface area contributed by atoms with Crippen LogP contribution in [0, 0.1) is 0 Å². The van der Waals surface area contributed by atoms with E-state index in [4.69, 9.17) is 4.74 Å². The van der Waals surface area contributed by atoms with Crippen molar-refractivity contribution < 1.29 is 4.74 Å². The predicted molar refractivity (Wildman–Crippen MR) is 72.7 cm³/mol. The lowest BCUT2D eigenvalue weighted by molar-refractivity contribution is 0.393. The van der Waals surface area contributed by atoms with Crippen LogP contribution >= 0.6 is 15.9 Å². The van der Waals surface area contributed by atoms with Gasteiger partial charge in [0.1, 0.15) is 0 Å². The van der Waals surface area contributed by atoms with Crippen LogP contribution in [0.5, 0.6) is 5.88 Å². The van der Waals surface area contributed by atoms with Gasteiger partial charge in [0.05, 0.1) is 7.11 Å². The van der Waals surface area contributed by atoms with E-state index in [1.807, 2.05) is 46.9 Å². The largest absolute Gasteiger partial charge is 0.482 e. The summed E-state index contributed by atoms with van der Waals surface area (Å²) in [5, 5.41) is 8.39. The quantitative estimate of drug-likeness (QED) is 0.730. The van der Waals surface area contributed by atoms with Gasteiger partial charge in [0.2, 0.25) is 5.88 Å². The van der Waals surface area contributed by atoms with Crippen molar-refractivity contribution in [1.82, 2.24) is 14.6 Å². The average Bonchev–Trinajstić information content (AvgIpc) is 2.83. The molecular weight excluding hydrogens is 294 g/mol. The number of fused-ring (bicyclic) bond motifs is 1. The van der Waals surface area contributed by atoms with Gasteiger partial charge in [-0.15, -0.1) is 10.2 Å². The smallest absolute Gasteiger partial charge is 0.200 e. The Balaban J connectivity index is 2.34. The molecule has 5 heteroatoms. The Morgan fingerprint density at radius 3 is 2.67 bits per heavy atom. The summed E-state index contributed by atoms with van der Waals surface area (Å²) in [6, 6.07) is 13.6. The van der Waals surface area contributed by atoms with Gasteiger partial charge in [-0.1, -0.05) is 40.2 Å². The van der Waals surface area contributed by atoms with E-state index in [-0.39, 0.29) is 0 Å². The minimum atomic E-state index is 0.711. The summed E-state index contributed by atoms with van der Waals surface area (Å²) < 4.78 is 8.22. The van der Waals surface area contributed by atoms with Gasteiger partial charge < -0.3 is 4.74 Å². The van der Waals surface area contributed by atoms with E-state index in [9.17, 15) is 0 Å². The minimum absolute atomic E-state index is 0.711. The lowest BCUT2D eigenvalue weighted by atomic mass is 10.2. The van der Waals surface area contributed by atoms with Crippen molar-refractivity contribution in [2.45, 2.75) is 0 Å². The highest BCUT2D eigenvalue weighted by Crippen LogP contribution is 2.29. The Kier molecular flexibility index (Phi) is 2.76. The topological polar surface area (TPSA) is 39.4 Å². The van der Waals surface area contributed by atoms with Gasteiger partial charge in [0.25, 0.3) is 0 Å². The molecule has 0 spiro atoms. The average molecular weight is 304 g/mol. The van der Waals surface area contributed by atoms with Crippen molar-refractivity contribution >= 4 is 21.6 Å². The third-order valence-electron chi connectivity index (χ3n) is 2.72. The molecular formula is C13H10BrN3O. The van der Waals surface area contributed by atoms with Crippen LogP contribution in [0.15, 0.2) is 46.9 Å². The number of rotatable bonds is 2. The fourth-order valence-electron chi connectivity index (χ4n) is 1.89. The second-order valence-corrected chi connectivity index (χ2v) is 4.62. The van der Waals surface area contributed by atoms with Gasteiger partial charge in [0.15, 0.2) is 11.5 Å². The van der Waals surface area contributed by atoms with Gasteiger partial charge in [0, 0.05) is 10.0 Å². The number of aromatic nitrogens is 3. The fourth-order valence-corrected chi connectivity index (χ4v) is 2.35. The van der Waals surface area contributed by atoms with Crippen molar-refractivity contribution in [2.75, 3.05) is 7.11 Å². The van der Waals surface area contributed by atoms with Gasteiger partial charge in [-0.25, -0.2) is 4.40 Å². The molecule has 90 valence electrons. The number of methoxy groups -OCH3 is 1. The fraction of sp³-hybridized carbons (Fsp3) is 0.0769. The maximum atomic E-state index is 5.36. The molecule has 0 N–H and O–H groups in total. The lowest BCUT2D eigenvalue weighted by Crippen LogP contribution is -1.96. The van der Waals surface area contributed by atoms with Gasteiger partial charge >= 0.3 is 0 Å². The van der Waals surface area contributed by atoms with Gasteiger partial charge in [-0.05, 0) is 18.2 Å². The van der Waals surface area contributed by atoms with Crippen molar-refractivity contribution in [1.29, 1.82) is 0 Å². The Labute approximate surface area is 112 Å². The van der Waals surface area contributed by atoms with Crippen LogP contribution in [0.2, 0.25) is 0 Å². The molecule has 0 radical (unpaired) electrons. The zero-order chi connectivity index (χ0) is 12.5. The van der Waals surface area contributed by atoms with Crippen molar-refractivity contribution in [3.63, 3.8) is 0 Å². The molecule has 2 aromatic heterocycles. The van der Waals surface area contributed by atoms with Crippen LogP contribution in [0.4, 0.5) is 0 Å². The third-order valence-corrected chi connectivity index (χ3v) is 3.41. The van der Waals surface area contributed by atoms with Gasteiger partial charge in [-0.2, -0.15) is 0 Å². The molecule has 0 saturated heterocycles. The van der Waals surface area contributed by atoms with Crippen LogP contribution in [0.1, 0.15) is 0 Å². The zero-order valence-corrected chi connectivity index (χ0v) is 11.3. The van der Waals surface area contributed by atoms with Crippen LogP contribution in [-0.2, 0) is 0 Å². The number of hydrogen-bond acceptors (Lipinski definition) is 3. The van der Waals surface area contributed by atoms with E-state index in [2.05, 4.69) is 26.1 Å². The van der Waals surface area contributed by atoms with E-state index >= 15 is 0 Å². The molecule has 0 fully saturated rings. The van der Waals surface area contributed by atoms with E-state index in [0.717, 1.165) is 21.5 Å². The summed E-state index contributed by atoms with van der Waals surface area (Å²) in [6.07, 6.45) is 0. The molecule has 4 nitrogen and oxygen atoms in total. The molecule has 0 bridgehead atoms. The second kappa shape index (κ2) is 4.42. The first-order valence-electron chi connectivity index (χ1n) is 5.44. The maximum Gasteiger partial charge on any atom is 0.200 e. The van der Waals surface area contributed by atoms with Crippen molar-refractivity contribution in [3.05, 3.63) is 46.9 Å². The number of hydrogen-bond donors (Lipinski definition) is 0. The molecule has 0 aliphatic rings. The molecule has 1 aromatic carbocycles. The number of halogens is 1. The molecule has 2 heterocycles. The molecule has 18 heavy (non-hydrogen) atoms. The Bertz CT molecular complexity index is 708. The molecule has 3 aromatic rings. The van der Waals surface area contributed by atoms with Crippen molar-refractivity contribution in [2.24, 2.45) is 0 Å². The van der Waals surface area contributed by atoms with Crippen LogP contribution in [0.25, 0.3) is 17.0 Å². The number of benzene rings is 1. The molecule has 0 saturated carbocycles. The first kappa shape index (κ1) is 11.2. The second-order valence-electron chi connectivity index (χ2n) is 3.77. The number of pyridine rings is 1. The standard InChI is InChI=1S/C13H10BrN3O/c1-18-12-8-4-7-11-15-16-13(17(11)12)9-5-2-3-6-10(9)14/h2-8H,1H3. The summed E-state index contributed by atoms with van der Waals surface area (Å²) in [5.74, 6) is 1.47. The molecule has 0 unspecified atom stereocenters. The number of ether oxygens (including phenoxy) is 1. The van der Waals surface area contributed by atoms with Crippen LogP contribution < -0.4 is 4.74 Å². The Hall–Kier alpha value is -1.88. The molecule has 0 aliphatic heterocycles. The van der Waals surface area contributed by atoms with Crippen molar-refractivity contribution in [3.8, 4) is 17.3 Å². The summed E-state index contributed by atoms with van der Waals surface area (Å²) in [5.41, 5.74) is 1.75. The van der Waals surface area contributed by atoms with Crippen LogP contribution in [-0.4, -0.2) is 21.7 Å². The minimum Gasteiger partial charge on any atom is -0.482 e. The normalized spacial score (nSPS) is 10.8. The molecule has 0 atom stereocenters. The maximum absolute atomic E-state index is 5.36. The highest BCUT2D eigenvalue weighted by molar-refractivity contribution is 9.10. The summed E-state index contributed by atoms with van der Waals surface area (Å²) in [6.45, 7) is 0. The zero-order valence-electron chi connectivity index (χ0n) is 9.67. The predicted octanol–water partition coefficient (Wildman–Crippen LogP) is 3.17. The third kappa shape index (κ3) is 1.67. The summed E-state index contributed by atoms with van der Waals surface area (Å²) in [7, 11) is 1.64. The first-order valence-corrected chi connectivity index (χ1v) is 6.23. The van der Waals surface area contributed by atoms with E-state index in [1.54, 1.807) is 7.11 Å².